The molecular formula is C10H12N4O3S. The molecule has 2 aromatic heterocycles. The Labute approximate surface area is 107 Å². The van der Waals surface area contributed by atoms with E-state index in [-0.39, 0.29) is 6.42 Å². The zero-order chi connectivity index (χ0) is 13.0. The van der Waals surface area contributed by atoms with Crippen LogP contribution in [0.2, 0.25) is 0 Å². The molecule has 0 aliphatic rings. The van der Waals surface area contributed by atoms with E-state index >= 15 is 0 Å². The lowest BCUT2D eigenvalue weighted by Crippen LogP contribution is -2.05. The fourth-order valence-electron chi connectivity index (χ4n) is 1.34. The molecule has 0 unspecified atom stereocenters. The van der Waals surface area contributed by atoms with Crippen LogP contribution >= 0.6 is 11.3 Å². The normalized spacial score (nSPS) is 10.5. The second-order valence-corrected chi connectivity index (χ2v) is 4.48. The Kier molecular flexibility index (Phi) is 3.88. The van der Waals surface area contributed by atoms with Crippen LogP contribution in [0.4, 0.5) is 5.13 Å². The monoisotopic (exact) mass is 268 g/mol. The van der Waals surface area contributed by atoms with Crippen molar-refractivity contribution in [3.8, 4) is 0 Å². The lowest BCUT2D eigenvalue weighted by atomic mass is 10.3. The maximum atomic E-state index is 10.5. The molecule has 96 valence electrons. The first kappa shape index (κ1) is 12.5. The number of carbonyl (C=O) groups is 1. The van der Waals surface area contributed by atoms with Crippen LogP contribution < -0.4 is 5.32 Å². The van der Waals surface area contributed by atoms with Crippen LogP contribution in [0.3, 0.4) is 0 Å². The lowest BCUT2D eigenvalue weighted by Gasteiger charge is -1.98. The minimum atomic E-state index is -0.881. The molecule has 2 aromatic rings. The summed E-state index contributed by atoms with van der Waals surface area (Å²) in [6.45, 7) is 2.38. The quantitative estimate of drug-likeness (QED) is 0.809. The third-order valence-corrected chi connectivity index (χ3v) is 2.92. The Hall–Kier alpha value is -1.96. The number of carboxylic acids is 1. The Morgan fingerprint density at radius 1 is 1.56 bits per heavy atom. The van der Waals surface area contributed by atoms with Gasteiger partial charge in [0.2, 0.25) is 5.89 Å². The van der Waals surface area contributed by atoms with Crippen molar-refractivity contribution in [1.82, 2.24) is 15.1 Å². The molecule has 7 nitrogen and oxygen atoms in total. The summed E-state index contributed by atoms with van der Waals surface area (Å²) in [5, 5.41) is 17.8. The van der Waals surface area contributed by atoms with Crippen LogP contribution in [-0.4, -0.2) is 32.7 Å². The first-order valence-electron chi connectivity index (χ1n) is 5.33. The fourth-order valence-corrected chi connectivity index (χ4v) is 2.08. The minimum absolute atomic E-state index is 0.0545. The molecule has 18 heavy (non-hydrogen) atoms. The van der Waals surface area contributed by atoms with Gasteiger partial charge in [-0.15, -0.1) is 11.3 Å². The minimum Gasteiger partial charge on any atom is -0.481 e. The number of hydrogen-bond acceptors (Lipinski definition) is 7. The molecule has 0 amide bonds. The van der Waals surface area contributed by atoms with Crippen molar-refractivity contribution in [2.75, 3.05) is 11.9 Å². The first-order valence-corrected chi connectivity index (χ1v) is 6.20. The average Bonchev–Trinajstić information content (AvgIpc) is 2.88. The van der Waals surface area contributed by atoms with Gasteiger partial charge >= 0.3 is 5.97 Å². The number of carboxylic acid groups (broad SMARTS) is 1. The summed E-state index contributed by atoms with van der Waals surface area (Å²) < 4.78 is 4.96. The molecule has 2 heterocycles. The van der Waals surface area contributed by atoms with Crippen LogP contribution in [0.1, 0.15) is 17.4 Å². The number of nitrogens with one attached hydrogen (secondary N) is 1. The van der Waals surface area contributed by atoms with Crippen molar-refractivity contribution in [2.45, 2.75) is 19.8 Å². The standard InChI is InChI=1S/C10H12N4O3S/c1-6-12-8(17-14-6)2-3-11-10-13-7(5-18-10)4-9(15)16/h5H,2-4H2,1H3,(H,11,13)(H,15,16). The second kappa shape index (κ2) is 5.58. The van der Waals surface area contributed by atoms with Gasteiger partial charge in [-0.3, -0.25) is 4.79 Å². The molecular weight excluding hydrogens is 256 g/mol. The van der Waals surface area contributed by atoms with Crippen LogP contribution in [0.25, 0.3) is 0 Å². The molecule has 8 heteroatoms. The van der Waals surface area contributed by atoms with Gasteiger partial charge < -0.3 is 14.9 Å². The predicted molar refractivity (Wildman–Crippen MR) is 64.7 cm³/mol. The van der Waals surface area contributed by atoms with Gasteiger partial charge in [0.05, 0.1) is 12.1 Å². The molecule has 0 spiro atoms. The number of aliphatic carboxylic acids is 1. The van der Waals surface area contributed by atoms with E-state index < -0.39 is 5.97 Å². The van der Waals surface area contributed by atoms with E-state index in [1.165, 1.54) is 11.3 Å². The largest absolute Gasteiger partial charge is 0.481 e. The van der Waals surface area contributed by atoms with Crippen molar-refractivity contribution >= 4 is 22.4 Å². The Morgan fingerprint density at radius 2 is 2.39 bits per heavy atom. The summed E-state index contributed by atoms with van der Waals surface area (Å²) in [6.07, 6.45) is 0.551. The summed E-state index contributed by atoms with van der Waals surface area (Å²) in [5.74, 6) is 0.304. The van der Waals surface area contributed by atoms with Crippen molar-refractivity contribution in [1.29, 1.82) is 0 Å². The maximum Gasteiger partial charge on any atom is 0.309 e. The van der Waals surface area contributed by atoms with Crippen LogP contribution in [0.5, 0.6) is 0 Å². The number of hydrogen-bond donors (Lipinski definition) is 2. The Bertz CT molecular complexity index is 537. The summed E-state index contributed by atoms with van der Waals surface area (Å²) in [6, 6.07) is 0. The third-order valence-electron chi connectivity index (χ3n) is 2.07. The molecule has 2 N–H and O–H groups in total. The van der Waals surface area contributed by atoms with Gasteiger partial charge in [0.15, 0.2) is 11.0 Å². The fraction of sp³-hybridized carbons (Fsp3) is 0.400. The van der Waals surface area contributed by atoms with Gasteiger partial charge in [-0.05, 0) is 6.92 Å². The van der Waals surface area contributed by atoms with E-state index in [0.717, 1.165) is 0 Å². The van der Waals surface area contributed by atoms with Crippen molar-refractivity contribution < 1.29 is 14.4 Å². The molecule has 0 aliphatic heterocycles. The number of aromatic nitrogens is 3. The summed E-state index contributed by atoms with van der Waals surface area (Å²) in [7, 11) is 0. The maximum absolute atomic E-state index is 10.5. The molecule has 0 aromatic carbocycles. The number of aryl methyl sites for hydroxylation is 1. The topological polar surface area (TPSA) is 101 Å². The van der Waals surface area contributed by atoms with E-state index in [9.17, 15) is 4.79 Å². The molecule has 0 bridgehead atoms. The number of rotatable bonds is 6. The summed E-state index contributed by atoms with van der Waals surface area (Å²) in [4.78, 5) is 18.7. The van der Waals surface area contributed by atoms with Gasteiger partial charge in [0.25, 0.3) is 0 Å². The molecule has 0 atom stereocenters. The van der Waals surface area contributed by atoms with Crippen LogP contribution in [0.15, 0.2) is 9.90 Å². The zero-order valence-electron chi connectivity index (χ0n) is 9.71. The molecule has 0 aliphatic carbocycles. The first-order chi connectivity index (χ1) is 8.63. The smallest absolute Gasteiger partial charge is 0.309 e. The van der Waals surface area contributed by atoms with E-state index in [4.69, 9.17) is 9.63 Å². The SMILES string of the molecule is Cc1noc(CCNc2nc(CC(=O)O)cs2)n1. The Morgan fingerprint density at radius 3 is 3.06 bits per heavy atom. The van der Waals surface area contributed by atoms with Gasteiger partial charge in [0, 0.05) is 18.3 Å². The molecule has 0 fully saturated rings. The number of thiazole rings is 1. The second-order valence-electron chi connectivity index (χ2n) is 3.63. The third kappa shape index (κ3) is 3.52. The number of anilines is 1. The average molecular weight is 268 g/mol. The van der Waals surface area contributed by atoms with Crippen LogP contribution in [-0.2, 0) is 17.6 Å². The highest BCUT2D eigenvalue weighted by Crippen LogP contribution is 2.15. The number of nitrogens with zero attached hydrogens (tertiary/aromatic N) is 3. The van der Waals surface area contributed by atoms with Crippen molar-refractivity contribution in [3.63, 3.8) is 0 Å². The highest BCUT2D eigenvalue weighted by Gasteiger charge is 2.06. The summed E-state index contributed by atoms with van der Waals surface area (Å²) in [5.41, 5.74) is 0.559. The molecule has 0 saturated heterocycles. The zero-order valence-corrected chi connectivity index (χ0v) is 10.5. The van der Waals surface area contributed by atoms with Gasteiger partial charge in [-0.1, -0.05) is 5.16 Å². The Balaban J connectivity index is 1.79. The van der Waals surface area contributed by atoms with Gasteiger partial charge in [-0.25, -0.2) is 4.98 Å². The van der Waals surface area contributed by atoms with Crippen molar-refractivity contribution in [2.24, 2.45) is 0 Å². The molecule has 0 saturated carbocycles. The molecule has 0 radical (unpaired) electrons. The lowest BCUT2D eigenvalue weighted by molar-refractivity contribution is -0.136. The van der Waals surface area contributed by atoms with Crippen molar-refractivity contribution in [3.05, 3.63) is 22.8 Å². The van der Waals surface area contributed by atoms with E-state index in [1.54, 1.807) is 12.3 Å². The van der Waals surface area contributed by atoms with Crippen LogP contribution in [0, 0.1) is 6.92 Å². The van der Waals surface area contributed by atoms with Gasteiger partial charge in [-0.2, -0.15) is 4.98 Å². The van der Waals surface area contributed by atoms with E-state index in [1.807, 2.05) is 0 Å². The van der Waals surface area contributed by atoms with E-state index in [0.29, 0.717) is 35.5 Å². The van der Waals surface area contributed by atoms with Gasteiger partial charge in [0.1, 0.15) is 0 Å². The highest BCUT2D eigenvalue weighted by molar-refractivity contribution is 7.13. The predicted octanol–water partition coefficient (Wildman–Crippen LogP) is 1.12. The summed E-state index contributed by atoms with van der Waals surface area (Å²) >= 11 is 1.38. The van der Waals surface area contributed by atoms with E-state index in [2.05, 4.69) is 20.4 Å². The highest BCUT2D eigenvalue weighted by atomic mass is 32.1. The molecule has 2 rings (SSSR count).